The summed E-state index contributed by atoms with van der Waals surface area (Å²) in [5.41, 5.74) is -0.0722. The molecule has 0 bridgehead atoms. The van der Waals surface area contributed by atoms with E-state index in [0.29, 0.717) is 4.47 Å². The number of rotatable bonds is 3. The van der Waals surface area contributed by atoms with Gasteiger partial charge in [0.05, 0.1) is 17.3 Å². The first-order valence-corrected chi connectivity index (χ1v) is 8.05. The first-order valence-electron chi connectivity index (χ1n) is 4.89. The maximum atomic E-state index is 13.6. The molecule has 0 aliphatic rings. The second kappa shape index (κ2) is 5.28. The minimum atomic E-state index is -3.84. The van der Waals surface area contributed by atoms with Crippen LogP contribution in [0.1, 0.15) is 5.56 Å². The van der Waals surface area contributed by atoms with Gasteiger partial charge in [-0.2, -0.15) is 5.26 Å². The summed E-state index contributed by atoms with van der Waals surface area (Å²) in [6, 6.07) is 6.89. The quantitative estimate of drug-likeness (QED) is 0.912. The summed E-state index contributed by atoms with van der Waals surface area (Å²) in [4.78, 5) is 0. The molecule has 0 saturated carbocycles. The molecule has 0 amide bonds. The van der Waals surface area contributed by atoms with Crippen molar-refractivity contribution in [1.29, 1.82) is 5.26 Å². The Labute approximate surface area is 121 Å². The minimum Gasteiger partial charge on any atom is -0.276 e. The third-order valence-corrected chi connectivity index (χ3v) is 6.21. The Balaban J connectivity index is 2.37. The van der Waals surface area contributed by atoms with Crippen LogP contribution in [0.15, 0.2) is 38.3 Å². The maximum absolute atomic E-state index is 13.6. The van der Waals surface area contributed by atoms with Crippen LogP contribution in [0, 0.1) is 17.1 Å². The van der Waals surface area contributed by atoms with E-state index in [2.05, 4.69) is 20.7 Å². The summed E-state index contributed by atoms with van der Waals surface area (Å²) >= 11 is 4.13. The lowest BCUT2D eigenvalue weighted by Gasteiger charge is -2.08. The van der Waals surface area contributed by atoms with Crippen molar-refractivity contribution in [2.75, 3.05) is 4.72 Å². The molecule has 0 saturated heterocycles. The molecule has 1 N–H and O–H groups in total. The van der Waals surface area contributed by atoms with Gasteiger partial charge in [-0.15, -0.1) is 11.3 Å². The smallest absolute Gasteiger partial charge is 0.272 e. The Morgan fingerprint density at radius 3 is 2.63 bits per heavy atom. The molecular weight excluding hydrogens is 355 g/mol. The zero-order chi connectivity index (χ0) is 14.0. The van der Waals surface area contributed by atoms with Gasteiger partial charge in [-0.05, 0) is 45.6 Å². The number of nitrogens with zero attached hydrogens (tertiary/aromatic N) is 1. The lowest BCUT2D eigenvalue weighted by atomic mass is 10.2. The van der Waals surface area contributed by atoms with Crippen LogP contribution in [-0.2, 0) is 10.0 Å². The number of nitrogens with one attached hydrogen (secondary N) is 1. The lowest BCUT2D eigenvalue weighted by molar-refractivity contribution is 0.600. The van der Waals surface area contributed by atoms with Gasteiger partial charge < -0.3 is 0 Å². The number of thiophene rings is 1. The molecule has 0 aliphatic carbocycles. The molecule has 2 aromatic rings. The van der Waals surface area contributed by atoms with Crippen molar-refractivity contribution in [3.05, 3.63) is 45.5 Å². The lowest BCUT2D eigenvalue weighted by Crippen LogP contribution is -2.13. The molecule has 19 heavy (non-hydrogen) atoms. The highest BCUT2D eigenvalue weighted by atomic mass is 79.9. The molecule has 0 fully saturated rings. The van der Waals surface area contributed by atoms with E-state index in [9.17, 15) is 12.8 Å². The highest BCUT2D eigenvalue weighted by Gasteiger charge is 2.20. The van der Waals surface area contributed by atoms with Crippen LogP contribution >= 0.6 is 27.3 Å². The van der Waals surface area contributed by atoms with E-state index in [1.54, 1.807) is 17.5 Å². The van der Waals surface area contributed by atoms with E-state index in [1.165, 1.54) is 12.1 Å². The summed E-state index contributed by atoms with van der Waals surface area (Å²) in [5, 5.41) is 10.2. The molecule has 1 heterocycles. The molecule has 2 rings (SSSR count). The van der Waals surface area contributed by atoms with E-state index in [0.717, 1.165) is 17.4 Å². The Morgan fingerprint density at radius 2 is 2.11 bits per heavy atom. The monoisotopic (exact) mass is 360 g/mol. The van der Waals surface area contributed by atoms with Gasteiger partial charge in [0.15, 0.2) is 4.21 Å². The largest absolute Gasteiger partial charge is 0.276 e. The number of hydrogen-bond acceptors (Lipinski definition) is 4. The number of halogens is 2. The standard InChI is InChI=1S/C11H6BrFN2O2S2/c12-8-3-4-18-11(8)19(16,17)15-10-2-1-7(6-14)5-9(10)13/h1-5,15H. The normalized spacial score (nSPS) is 11.0. The number of nitriles is 1. The average molecular weight is 361 g/mol. The molecule has 0 unspecified atom stereocenters. The van der Waals surface area contributed by atoms with E-state index >= 15 is 0 Å². The number of anilines is 1. The van der Waals surface area contributed by atoms with E-state index < -0.39 is 15.8 Å². The number of sulfonamides is 1. The SMILES string of the molecule is N#Cc1ccc(NS(=O)(=O)c2sccc2Br)c(F)c1. The average Bonchev–Trinajstić information content (AvgIpc) is 2.79. The topological polar surface area (TPSA) is 70.0 Å². The minimum absolute atomic E-state index is 0.0660. The zero-order valence-electron chi connectivity index (χ0n) is 9.22. The Kier molecular flexibility index (Phi) is 3.89. The first-order chi connectivity index (χ1) is 8.94. The van der Waals surface area contributed by atoms with Crippen LogP contribution in [0.2, 0.25) is 0 Å². The van der Waals surface area contributed by atoms with Crippen molar-refractivity contribution < 1.29 is 12.8 Å². The molecule has 8 heteroatoms. The van der Waals surface area contributed by atoms with E-state index in [-0.39, 0.29) is 15.5 Å². The molecule has 98 valence electrons. The molecule has 4 nitrogen and oxygen atoms in total. The van der Waals surface area contributed by atoms with Crippen molar-refractivity contribution in [3.63, 3.8) is 0 Å². The number of hydrogen-bond donors (Lipinski definition) is 1. The summed E-state index contributed by atoms with van der Waals surface area (Å²) in [6.45, 7) is 0. The van der Waals surface area contributed by atoms with Gasteiger partial charge in [-0.1, -0.05) is 0 Å². The molecule has 1 aromatic carbocycles. The molecule has 0 atom stereocenters. The van der Waals surface area contributed by atoms with Gasteiger partial charge in [-0.3, -0.25) is 4.72 Å². The Hall–Kier alpha value is -1.43. The van der Waals surface area contributed by atoms with Crippen molar-refractivity contribution in [3.8, 4) is 6.07 Å². The summed E-state index contributed by atoms with van der Waals surface area (Å²) in [7, 11) is -3.84. The van der Waals surface area contributed by atoms with Gasteiger partial charge in [0.25, 0.3) is 10.0 Å². The van der Waals surface area contributed by atoms with E-state index in [4.69, 9.17) is 5.26 Å². The summed E-state index contributed by atoms with van der Waals surface area (Å²) < 4.78 is 40.3. The van der Waals surface area contributed by atoms with Crippen LogP contribution in [0.25, 0.3) is 0 Å². The fraction of sp³-hybridized carbons (Fsp3) is 0. The second-order valence-corrected chi connectivity index (χ2v) is 7.12. The zero-order valence-corrected chi connectivity index (χ0v) is 12.4. The molecule has 1 aromatic heterocycles. The van der Waals surface area contributed by atoms with Crippen molar-refractivity contribution >= 4 is 43.0 Å². The second-order valence-electron chi connectivity index (χ2n) is 3.47. The van der Waals surface area contributed by atoms with Crippen molar-refractivity contribution in [1.82, 2.24) is 0 Å². The van der Waals surface area contributed by atoms with Gasteiger partial charge in [0.1, 0.15) is 5.82 Å². The van der Waals surface area contributed by atoms with Gasteiger partial charge in [0.2, 0.25) is 0 Å². The third-order valence-electron chi connectivity index (χ3n) is 2.17. The third kappa shape index (κ3) is 2.94. The summed E-state index contributed by atoms with van der Waals surface area (Å²) in [6.07, 6.45) is 0. The predicted molar refractivity (Wildman–Crippen MR) is 73.9 cm³/mol. The number of benzene rings is 1. The van der Waals surface area contributed by atoms with Crippen LogP contribution in [0.4, 0.5) is 10.1 Å². The van der Waals surface area contributed by atoms with Gasteiger partial charge in [-0.25, -0.2) is 12.8 Å². The summed E-state index contributed by atoms with van der Waals surface area (Å²) in [5.74, 6) is -0.796. The van der Waals surface area contributed by atoms with Crippen LogP contribution in [0.3, 0.4) is 0 Å². The molecule has 0 aliphatic heterocycles. The van der Waals surface area contributed by atoms with E-state index in [1.807, 2.05) is 0 Å². The van der Waals surface area contributed by atoms with Gasteiger partial charge >= 0.3 is 0 Å². The fourth-order valence-corrected chi connectivity index (χ4v) is 4.74. The maximum Gasteiger partial charge on any atom is 0.272 e. The van der Waals surface area contributed by atoms with Crippen LogP contribution in [0.5, 0.6) is 0 Å². The van der Waals surface area contributed by atoms with Crippen LogP contribution in [-0.4, -0.2) is 8.42 Å². The fourth-order valence-electron chi connectivity index (χ4n) is 1.33. The molecular formula is C11H6BrFN2O2S2. The van der Waals surface area contributed by atoms with Crippen LogP contribution < -0.4 is 4.72 Å². The Morgan fingerprint density at radius 1 is 1.37 bits per heavy atom. The molecule has 0 spiro atoms. The predicted octanol–water partition coefficient (Wildman–Crippen LogP) is 3.32. The molecule has 0 radical (unpaired) electrons. The Bertz CT molecular complexity index is 765. The van der Waals surface area contributed by atoms with Crippen molar-refractivity contribution in [2.45, 2.75) is 4.21 Å². The highest BCUT2D eigenvalue weighted by Crippen LogP contribution is 2.29. The first kappa shape index (κ1) is 14.0. The van der Waals surface area contributed by atoms with Gasteiger partial charge in [0, 0.05) is 4.47 Å². The van der Waals surface area contributed by atoms with Crippen molar-refractivity contribution in [2.24, 2.45) is 0 Å². The highest BCUT2D eigenvalue weighted by molar-refractivity contribution is 9.10.